The van der Waals surface area contributed by atoms with Gasteiger partial charge in [-0.3, -0.25) is 9.78 Å². The van der Waals surface area contributed by atoms with E-state index in [0.29, 0.717) is 34.6 Å². The van der Waals surface area contributed by atoms with E-state index in [4.69, 9.17) is 0 Å². The van der Waals surface area contributed by atoms with Crippen LogP contribution in [0.3, 0.4) is 0 Å². The highest BCUT2D eigenvalue weighted by Gasteiger charge is 2.49. The minimum absolute atomic E-state index is 0.0156. The third kappa shape index (κ3) is 2.48. The molecule has 4 saturated carbocycles. The predicted octanol–water partition coefficient (Wildman–Crippen LogP) is 4.56. The number of nitrogens with zero attached hydrogens (tertiary/aromatic N) is 1. The van der Waals surface area contributed by atoms with Crippen LogP contribution in [0, 0.1) is 23.7 Å². The third-order valence-electron chi connectivity index (χ3n) is 6.80. The van der Waals surface area contributed by atoms with Gasteiger partial charge in [-0.2, -0.15) is 0 Å². The van der Waals surface area contributed by atoms with Gasteiger partial charge in [0.15, 0.2) is 5.78 Å². The molecule has 0 saturated heterocycles. The van der Waals surface area contributed by atoms with Crippen molar-refractivity contribution in [1.82, 2.24) is 4.98 Å². The Morgan fingerprint density at radius 2 is 1.68 bits per heavy atom. The van der Waals surface area contributed by atoms with E-state index in [1.165, 1.54) is 32.1 Å². The zero-order valence-corrected chi connectivity index (χ0v) is 14.3. The number of ketones is 1. The average Bonchev–Trinajstić information content (AvgIpc) is 2.62. The van der Waals surface area contributed by atoms with E-state index < -0.39 is 0 Å². The molecule has 4 aliphatic carbocycles. The Bertz CT molecular complexity index is 786. The molecule has 6 rings (SSSR count). The summed E-state index contributed by atoms with van der Waals surface area (Å²) in [7, 11) is 0. The Balaban J connectivity index is 1.51. The van der Waals surface area contributed by atoms with Crippen molar-refractivity contribution < 1.29 is 9.90 Å². The zero-order chi connectivity index (χ0) is 17.0. The number of aromatic hydroxyl groups is 1. The Morgan fingerprint density at radius 3 is 2.32 bits per heavy atom. The fourth-order valence-electron chi connectivity index (χ4n) is 6.06. The molecule has 4 fully saturated rings. The highest BCUT2D eigenvalue weighted by molar-refractivity contribution is 6.09. The minimum atomic E-state index is -0.0156. The summed E-state index contributed by atoms with van der Waals surface area (Å²) < 4.78 is 0. The van der Waals surface area contributed by atoms with Crippen molar-refractivity contribution in [3.05, 3.63) is 59.4 Å². The maximum atomic E-state index is 12.8. The number of hydrogen-bond acceptors (Lipinski definition) is 3. The topological polar surface area (TPSA) is 50.2 Å². The van der Waals surface area contributed by atoms with Gasteiger partial charge < -0.3 is 5.11 Å². The van der Waals surface area contributed by atoms with Gasteiger partial charge in [-0.15, -0.1) is 0 Å². The quantitative estimate of drug-likeness (QED) is 0.838. The van der Waals surface area contributed by atoms with Crippen LogP contribution >= 0.6 is 0 Å². The van der Waals surface area contributed by atoms with Gasteiger partial charge in [0.05, 0.1) is 0 Å². The molecule has 0 unspecified atom stereocenters. The summed E-state index contributed by atoms with van der Waals surface area (Å²) >= 11 is 0. The van der Waals surface area contributed by atoms with Crippen LogP contribution in [0.25, 0.3) is 0 Å². The van der Waals surface area contributed by atoms with Crippen LogP contribution in [0.15, 0.2) is 42.7 Å². The molecule has 0 aliphatic heterocycles. The Kier molecular flexibility index (Phi) is 3.44. The van der Waals surface area contributed by atoms with E-state index in [0.717, 1.165) is 17.4 Å². The van der Waals surface area contributed by atoms with Gasteiger partial charge in [0.2, 0.25) is 0 Å². The van der Waals surface area contributed by atoms with Gasteiger partial charge in [-0.1, -0.05) is 0 Å². The van der Waals surface area contributed by atoms with E-state index in [1.54, 1.807) is 36.7 Å². The fourth-order valence-corrected chi connectivity index (χ4v) is 6.06. The molecule has 2 aromatic rings. The Labute approximate surface area is 148 Å². The average molecular weight is 333 g/mol. The standard InChI is InChI=1S/C22H23NO2/c24-20-4-3-15(22(25)16-2-1-5-23-12-16)11-19(20)21-17-7-13-6-14(9-17)10-18(21)8-13/h1-5,11-14,17-18,21,24H,6-10H2. The second-order valence-corrected chi connectivity index (χ2v) is 8.30. The van der Waals surface area contributed by atoms with Crippen LogP contribution in [-0.2, 0) is 0 Å². The number of benzene rings is 1. The minimum Gasteiger partial charge on any atom is -0.508 e. The summed E-state index contributed by atoms with van der Waals surface area (Å²) in [5.74, 6) is 3.95. The number of hydrogen-bond donors (Lipinski definition) is 1. The van der Waals surface area contributed by atoms with Crippen LogP contribution in [0.1, 0.15) is 59.5 Å². The second kappa shape index (κ2) is 5.69. The molecule has 25 heavy (non-hydrogen) atoms. The number of phenolic OH excluding ortho intramolecular Hbond substituents is 1. The van der Waals surface area contributed by atoms with Crippen molar-refractivity contribution in [2.75, 3.05) is 0 Å². The van der Waals surface area contributed by atoms with E-state index >= 15 is 0 Å². The highest BCUT2D eigenvalue weighted by atomic mass is 16.3. The summed E-state index contributed by atoms with van der Waals surface area (Å²) in [4.78, 5) is 16.8. The molecule has 1 aromatic heterocycles. The van der Waals surface area contributed by atoms with E-state index in [2.05, 4.69) is 4.98 Å². The summed E-state index contributed by atoms with van der Waals surface area (Å²) in [6.07, 6.45) is 9.92. The van der Waals surface area contributed by atoms with Gasteiger partial charge in [-0.25, -0.2) is 0 Å². The number of carbonyl (C=O) groups is 1. The summed E-state index contributed by atoms with van der Waals surface area (Å²) in [5.41, 5.74) is 2.27. The lowest BCUT2D eigenvalue weighted by molar-refractivity contribution is -0.00349. The molecule has 1 aromatic carbocycles. The van der Waals surface area contributed by atoms with E-state index in [1.807, 2.05) is 6.07 Å². The van der Waals surface area contributed by atoms with Gasteiger partial charge in [0, 0.05) is 23.5 Å². The van der Waals surface area contributed by atoms with Gasteiger partial charge in [0.25, 0.3) is 0 Å². The van der Waals surface area contributed by atoms with Crippen molar-refractivity contribution in [1.29, 1.82) is 0 Å². The lowest BCUT2D eigenvalue weighted by atomic mass is 9.50. The Morgan fingerprint density at radius 1 is 0.960 bits per heavy atom. The second-order valence-electron chi connectivity index (χ2n) is 8.30. The fraction of sp³-hybridized carbons (Fsp3) is 0.455. The molecule has 4 bridgehead atoms. The normalized spacial score (nSPS) is 32.7. The largest absolute Gasteiger partial charge is 0.508 e. The first kappa shape index (κ1) is 15.1. The van der Waals surface area contributed by atoms with Gasteiger partial charge in [-0.05, 0) is 97.6 Å². The summed E-state index contributed by atoms with van der Waals surface area (Å²) in [5, 5.41) is 10.5. The first-order chi connectivity index (χ1) is 12.2. The van der Waals surface area contributed by atoms with Crippen LogP contribution in [-0.4, -0.2) is 15.9 Å². The molecule has 0 atom stereocenters. The number of carbonyl (C=O) groups excluding carboxylic acids is 1. The molecule has 3 heteroatoms. The maximum absolute atomic E-state index is 12.8. The Hall–Kier alpha value is -2.16. The molecular weight excluding hydrogens is 310 g/mol. The zero-order valence-electron chi connectivity index (χ0n) is 14.3. The molecule has 128 valence electrons. The van der Waals surface area contributed by atoms with Crippen molar-refractivity contribution in [3.63, 3.8) is 0 Å². The molecule has 1 N–H and O–H groups in total. The highest BCUT2D eigenvalue weighted by Crippen LogP contribution is 2.60. The van der Waals surface area contributed by atoms with Crippen molar-refractivity contribution in [2.24, 2.45) is 23.7 Å². The molecular formula is C22H23NO2. The first-order valence-electron chi connectivity index (χ1n) is 9.46. The number of aromatic nitrogens is 1. The van der Waals surface area contributed by atoms with E-state index in [-0.39, 0.29) is 5.78 Å². The lowest BCUT2D eigenvalue weighted by Gasteiger charge is -2.54. The SMILES string of the molecule is O=C(c1cccnc1)c1ccc(O)c(C2C3CC4CC(C3)CC2C4)c1. The lowest BCUT2D eigenvalue weighted by Crippen LogP contribution is -2.43. The summed E-state index contributed by atoms with van der Waals surface area (Å²) in [6.45, 7) is 0. The van der Waals surface area contributed by atoms with Crippen LogP contribution < -0.4 is 0 Å². The third-order valence-corrected chi connectivity index (χ3v) is 6.80. The first-order valence-corrected chi connectivity index (χ1v) is 9.46. The van der Waals surface area contributed by atoms with E-state index in [9.17, 15) is 9.90 Å². The smallest absolute Gasteiger partial charge is 0.194 e. The van der Waals surface area contributed by atoms with Crippen molar-refractivity contribution >= 4 is 5.78 Å². The van der Waals surface area contributed by atoms with Crippen molar-refractivity contribution in [3.8, 4) is 5.75 Å². The van der Waals surface area contributed by atoms with Gasteiger partial charge in [0.1, 0.15) is 5.75 Å². The van der Waals surface area contributed by atoms with Crippen LogP contribution in [0.4, 0.5) is 0 Å². The van der Waals surface area contributed by atoms with Crippen LogP contribution in [0.5, 0.6) is 5.75 Å². The number of rotatable bonds is 3. The molecule has 3 nitrogen and oxygen atoms in total. The molecule has 0 spiro atoms. The molecule has 0 radical (unpaired) electrons. The molecule has 4 aliphatic rings. The molecule has 1 heterocycles. The number of pyridine rings is 1. The molecule has 0 amide bonds. The van der Waals surface area contributed by atoms with Gasteiger partial charge >= 0.3 is 0 Å². The maximum Gasteiger partial charge on any atom is 0.194 e. The van der Waals surface area contributed by atoms with Crippen molar-refractivity contribution in [2.45, 2.75) is 38.0 Å². The van der Waals surface area contributed by atoms with Crippen LogP contribution in [0.2, 0.25) is 0 Å². The summed E-state index contributed by atoms with van der Waals surface area (Å²) in [6, 6.07) is 8.99. The predicted molar refractivity (Wildman–Crippen MR) is 95.6 cm³/mol. The monoisotopic (exact) mass is 333 g/mol. The number of phenols is 1.